The molecule has 0 aromatic heterocycles. The zero-order valence-corrected chi connectivity index (χ0v) is 23.9. The molecule has 1 aliphatic heterocycles. The van der Waals surface area contributed by atoms with Gasteiger partial charge in [0.25, 0.3) is 0 Å². The van der Waals surface area contributed by atoms with Gasteiger partial charge in [0.2, 0.25) is 23.6 Å². The Morgan fingerprint density at radius 3 is 1.90 bits per heavy atom. The second kappa shape index (κ2) is 16.5. The standard InChI is InChI=1S/C26H43N5O10/c1-5-14(4)21(30-22(36)15(8-10-18(32)33)28-24(38)20(27)13(2)3)25(39)31-12-6-7-17(31)23(37)29-16(26(40)41)9-11-19(34)35/h13-17,20-21H,5-12,27H2,1-4H3,(H,28,38)(H,29,37)(H,30,36)(H,32,33)(H,34,35)(H,40,41)/t14-,15-,16-,17+,20-,21-/m0/s1. The fraction of sp³-hybridized carbons (Fsp3) is 0.731. The van der Waals surface area contributed by atoms with E-state index in [1.807, 2.05) is 0 Å². The number of carboxylic acid groups (broad SMARTS) is 3. The quantitative estimate of drug-likeness (QED) is 0.112. The van der Waals surface area contributed by atoms with Crippen LogP contribution in [0.5, 0.6) is 0 Å². The molecule has 6 atom stereocenters. The van der Waals surface area contributed by atoms with Gasteiger partial charge in [-0.25, -0.2) is 4.79 Å². The number of rotatable bonds is 17. The third-order valence-corrected chi connectivity index (χ3v) is 7.18. The molecule has 1 heterocycles. The summed E-state index contributed by atoms with van der Waals surface area (Å²) in [7, 11) is 0. The molecule has 0 saturated carbocycles. The van der Waals surface area contributed by atoms with Gasteiger partial charge in [0.1, 0.15) is 24.2 Å². The van der Waals surface area contributed by atoms with Crippen LogP contribution in [0.1, 0.15) is 72.6 Å². The fourth-order valence-electron chi connectivity index (χ4n) is 4.32. The molecule has 1 saturated heterocycles. The molecule has 0 bridgehead atoms. The molecule has 0 aromatic carbocycles. The number of hydrogen-bond acceptors (Lipinski definition) is 8. The molecule has 15 heteroatoms. The van der Waals surface area contributed by atoms with Gasteiger partial charge in [-0.2, -0.15) is 0 Å². The van der Waals surface area contributed by atoms with Gasteiger partial charge in [-0.15, -0.1) is 0 Å². The normalized spacial score (nSPS) is 18.5. The van der Waals surface area contributed by atoms with Crippen molar-refractivity contribution in [3.05, 3.63) is 0 Å². The highest BCUT2D eigenvalue weighted by atomic mass is 16.4. The Kier molecular flexibility index (Phi) is 14.2. The number of nitrogens with two attached hydrogens (primary N) is 1. The summed E-state index contributed by atoms with van der Waals surface area (Å²) in [6, 6.07) is -5.87. The van der Waals surface area contributed by atoms with Gasteiger partial charge in [0.15, 0.2) is 0 Å². The number of aliphatic carboxylic acids is 3. The van der Waals surface area contributed by atoms with Crippen molar-refractivity contribution in [2.45, 2.75) is 103 Å². The monoisotopic (exact) mass is 585 g/mol. The summed E-state index contributed by atoms with van der Waals surface area (Å²) in [6.45, 7) is 7.08. The summed E-state index contributed by atoms with van der Waals surface area (Å²) in [6.07, 6.45) is -0.390. The molecule has 0 radical (unpaired) electrons. The molecule has 0 aliphatic carbocycles. The minimum Gasteiger partial charge on any atom is -0.481 e. The number of nitrogens with zero attached hydrogens (tertiary/aromatic N) is 1. The lowest BCUT2D eigenvalue weighted by molar-refractivity contribution is -0.146. The first-order valence-electron chi connectivity index (χ1n) is 13.7. The van der Waals surface area contributed by atoms with Crippen molar-refractivity contribution in [3.63, 3.8) is 0 Å². The molecule has 0 aromatic rings. The van der Waals surface area contributed by atoms with Crippen molar-refractivity contribution in [2.75, 3.05) is 6.54 Å². The van der Waals surface area contributed by atoms with Crippen molar-refractivity contribution < 1.29 is 48.9 Å². The molecule has 1 aliphatic rings. The first-order chi connectivity index (χ1) is 19.1. The lowest BCUT2D eigenvalue weighted by Gasteiger charge is -2.32. The maximum Gasteiger partial charge on any atom is 0.326 e. The van der Waals surface area contributed by atoms with E-state index in [0.717, 1.165) is 0 Å². The van der Waals surface area contributed by atoms with Crippen LogP contribution in [0, 0.1) is 11.8 Å². The van der Waals surface area contributed by atoms with Crippen LogP contribution >= 0.6 is 0 Å². The first kappa shape index (κ1) is 35.3. The van der Waals surface area contributed by atoms with E-state index in [9.17, 15) is 38.7 Å². The fourth-order valence-corrected chi connectivity index (χ4v) is 4.32. The molecule has 1 fully saturated rings. The Morgan fingerprint density at radius 1 is 0.854 bits per heavy atom. The van der Waals surface area contributed by atoms with E-state index in [2.05, 4.69) is 16.0 Å². The summed E-state index contributed by atoms with van der Waals surface area (Å²) in [4.78, 5) is 87.3. The second-order valence-electron chi connectivity index (χ2n) is 10.7. The molecule has 15 nitrogen and oxygen atoms in total. The Labute approximate surface area is 238 Å². The van der Waals surface area contributed by atoms with Crippen LogP contribution in [0.3, 0.4) is 0 Å². The zero-order chi connectivity index (χ0) is 31.4. The van der Waals surface area contributed by atoms with Gasteiger partial charge in [-0.3, -0.25) is 28.8 Å². The van der Waals surface area contributed by atoms with E-state index in [0.29, 0.717) is 12.8 Å². The summed E-state index contributed by atoms with van der Waals surface area (Å²) < 4.78 is 0. The average molecular weight is 586 g/mol. The molecule has 0 spiro atoms. The van der Waals surface area contributed by atoms with E-state index in [-0.39, 0.29) is 31.7 Å². The number of hydrogen-bond donors (Lipinski definition) is 7. The molecule has 232 valence electrons. The van der Waals surface area contributed by atoms with E-state index < -0.39 is 90.5 Å². The summed E-state index contributed by atoms with van der Waals surface area (Å²) in [5.74, 6) is -7.28. The highest BCUT2D eigenvalue weighted by Gasteiger charge is 2.41. The van der Waals surface area contributed by atoms with Crippen molar-refractivity contribution >= 4 is 41.5 Å². The second-order valence-corrected chi connectivity index (χ2v) is 10.7. The Hall–Kier alpha value is -3.75. The summed E-state index contributed by atoms with van der Waals surface area (Å²) in [5, 5.41) is 34.8. The zero-order valence-electron chi connectivity index (χ0n) is 23.9. The highest BCUT2D eigenvalue weighted by Crippen LogP contribution is 2.22. The van der Waals surface area contributed by atoms with Gasteiger partial charge in [0.05, 0.1) is 6.04 Å². The third-order valence-electron chi connectivity index (χ3n) is 7.18. The highest BCUT2D eigenvalue weighted by molar-refractivity contribution is 5.96. The minimum absolute atomic E-state index is 0.162. The van der Waals surface area contributed by atoms with E-state index in [1.165, 1.54) is 4.90 Å². The Morgan fingerprint density at radius 2 is 1.41 bits per heavy atom. The summed E-state index contributed by atoms with van der Waals surface area (Å²) >= 11 is 0. The summed E-state index contributed by atoms with van der Waals surface area (Å²) in [5.41, 5.74) is 5.87. The van der Waals surface area contributed by atoms with E-state index in [4.69, 9.17) is 15.9 Å². The molecular formula is C26H43N5O10. The number of carboxylic acids is 3. The SMILES string of the molecule is CC[C@H](C)[C@H](NC(=O)[C@H](CCC(=O)O)NC(=O)[C@@H](N)C(C)C)C(=O)N1CCC[C@@H]1C(=O)N[C@@H](CCC(=O)O)C(=O)O. The number of carbonyl (C=O) groups excluding carboxylic acids is 4. The van der Waals surface area contributed by atoms with Crippen LogP contribution in [-0.4, -0.2) is 98.5 Å². The van der Waals surface area contributed by atoms with Crippen LogP contribution in [0.15, 0.2) is 0 Å². The molecular weight excluding hydrogens is 542 g/mol. The molecule has 4 amide bonds. The van der Waals surface area contributed by atoms with Gasteiger partial charge in [0, 0.05) is 19.4 Å². The minimum atomic E-state index is -1.46. The number of nitrogens with one attached hydrogen (secondary N) is 3. The predicted octanol–water partition coefficient (Wildman–Crippen LogP) is -0.725. The first-order valence-corrected chi connectivity index (χ1v) is 13.7. The largest absolute Gasteiger partial charge is 0.481 e. The van der Waals surface area contributed by atoms with Crippen molar-refractivity contribution in [1.29, 1.82) is 0 Å². The lowest BCUT2D eigenvalue weighted by atomic mass is 9.96. The predicted molar refractivity (Wildman–Crippen MR) is 144 cm³/mol. The van der Waals surface area contributed by atoms with Crippen molar-refractivity contribution in [2.24, 2.45) is 17.6 Å². The van der Waals surface area contributed by atoms with Gasteiger partial charge < -0.3 is 41.9 Å². The number of carbonyl (C=O) groups is 7. The lowest BCUT2D eigenvalue weighted by Crippen LogP contribution is -2.60. The third kappa shape index (κ3) is 11.0. The molecule has 41 heavy (non-hydrogen) atoms. The molecule has 8 N–H and O–H groups in total. The number of likely N-dealkylation sites (tertiary alicyclic amines) is 1. The van der Waals surface area contributed by atoms with Crippen molar-refractivity contribution in [3.8, 4) is 0 Å². The van der Waals surface area contributed by atoms with Crippen molar-refractivity contribution in [1.82, 2.24) is 20.9 Å². The maximum absolute atomic E-state index is 13.7. The topological polar surface area (TPSA) is 246 Å². The van der Waals surface area contributed by atoms with Crippen LogP contribution in [-0.2, 0) is 33.6 Å². The number of amides is 4. The smallest absolute Gasteiger partial charge is 0.326 e. The van der Waals surface area contributed by atoms with Gasteiger partial charge in [-0.1, -0.05) is 34.1 Å². The van der Waals surface area contributed by atoms with E-state index >= 15 is 0 Å². The average Bonchev–Trinajstić information content (AvgIpc) is 3.40. The van der Waals surface area contributed by atoms with Crippen LogP contribution in [0.25, 0.3) is 0 Å². The van der Waals surface area contributed by atoms with Crippen LogP contribution in [0.2, 0.25) is 0 Å². The maximum atomic E-state index is 13.7. The van der Waals surface area contributed by atoms with Gasteiger partial charge >= 0.3 is 17.9 Å². The Balaban J connectivity index is 3.14. The van der Waals surface area contributed by atoms with Crippen LogP contribution < -0.4 is 21.7 Å². The molecule has 1 rings (SSSR count). The molecule has 0 unspecified atom stereocenters. The Bertz CT molecular complexity index is 988. The van der Waals surface area contributed by atoms with E-state index in [1.54, 1.807) is 27.7 Å². The van der Waals surface area contributed by atoms with Crippen LogP contribution in [0.4, 0.5) is 0 Å². The van der Waals surface area contributed by atoms with Gasteiger partial charge in [-0.05, 0) is 37.5 Å².